The van der Waals surface area contributed by atoms with E-state index in [9.17, 15) is 0 Å². The number of fused-ring (bicyclic) bond motifs is 3. The number of hydrogen-bond donors (Lipinski definition) is 1. The Morgan fingerprint density at radius 1 is 1.14 bits per heavy atom. The molecule has 0 fully saturated rings. The molecule has 1 nitrogen and oxygen atoms in total. The minimum absolute atomic E-state index is 0.331. The van der Waals surface area contributed by atoms with Crippen LogP contribution in [0.4, 0.5) is 5.69 Å². The van der Waals surface area contributed by atoms with Crippen molar-refractivity contribution >= 4 is 33.2 Å². The van der Waals surface area contributed by atoms with Crippen molar-refractivity contribution in [3.05, 3.63) is 74.7 Å². The minimum Gasteiger partial charge on any atom is -0.377 e. The largest absolute Gasteiger partial charge is 0.377 e. The molecule has 2 aliphatic rings. The molecule has 112 valence electrons. The van der Waals surface area contributed by atoms with Crippen molar-refractivity contribution in [2.75, 3.05) is 5.32 Å². The lowest BCUT2D eigenvalue weighted by Gasteiger charge is -2.38. The van der Waals surface area contributed by atoms with Crippen LogP contribution >= 0.6 is 27.5 Å². The van der Waals surface area contributed by atoms with Gasteiger partial charge in [0.05, 0.1) is 6.04 Å². The number of halogens is 2. The Balaban J connectivity index is 1.82. The van der Waals surface area contributed by atoms with Crippen molar-refractivity contribution < 1.29 is 0 Å². The van der Waals surface area contributed by atoms with Crippen molar-refractivity contribution in [1.29, 1.82) is 0 Å². The van der Waals surface area contributed by atoms with Gasteiger partial charge in [0.1, 0.15) is 0 Å². The Morgan fingerprint density at radius 2 is 1.91 bits per heavy atom. The Kier molecular flexibility index (Phi) is 3.54. The van der Waals surface area contributed by atoms with E-state index in [0.29, 0.717) is 17.9 Å². The molecule has 0 aromatic heterocycles. The second-order valence-corrected chi connectivity index (χ2v) is 7.49. The van der Waals surface area contributed by atoms with E-state index in [1.54, 1.807) is 0 Å². The van der Waals surface area contributed by atoms with Crippen LogP contribution in [-0.2, 0) is 0 Å². The van der Waals surface area contributed by atoms with Gasteiger partial charge in [-0.05, 0) is 54.2 Å². The highest BCUT2D eigenvalue weighted by Gasteiger charge is 2.38. The zero-order valence-electron chi connectivity index (χ0n) is 12.3. The average Bonchev–Trinajstić information content (AvgIpc) is 3.01. The highest BCUT2D eigenvalue weighted by molar-refractivity contribution is 9.10. The molecule has 1 N–H and O–H groups in total. The van der Waals surface area contributed by atoms with Crippen molar-refractivity contribution in [3.8, 4) is 0 Å². The number of hydrogen-bond acceptors (Lipinski definition) is 1. The standard InChI is InChI=1S/C19H17BrClN/c1-11-17(21)10-9-16-14-3-2-4-15(14)19(22-18(11)16)12-5-7-13(20)8-6-12/h2-3,5-10,14-15,19,22H,4H2,1H3. The highest BCUT2D eigenvalue weighted by atomic mass is 79.9. The zero-order valence-corrected chi connectivity index (χ0v) is 14.7. The van der Waals surface area contributed by atoms with Gasteiger partial charge in [-0.1, -0.05) is 57.9 Å². The molecule has 3 heteroatoms. The summed E-state index contributed by atoms with van der Waals surface area (Å²) in [7, 11) is 0. The highest BCUT2D eigenvalue weighted by Crippen LogP contribution is 2.51. The predicted molar refractivity (Wildman–Crippen MR) is 96.7 cm³/mol. The fourth-order valence-corrected chi connectivity index (χ4v) is 4.21. The summed E-state index contributed by atoms with van der Waals surface area (Å²) < 4.78 is 1.12. The molecule has 2 aromatic rings. The smallest absolute Gasteiger partial charge is 0.0554 e. The van der Waals surface area contributed by atoms with Crippen molar-refractivity contribution in [2.45, 2.75) is 25.3 Å². The summed E-state index contributed by atoms with van der Waals surface area (Å²) in [6.45, 7) is 2.10. The lowest BCUT2D eigenvalue weighted by molar-refractivity contribution is 0.425. The molecule has 22 heavy (non-hydrogen) atoms. The van der Waals surface area contributed by atoms with Gasteiger partial charge < -0.3 is 5.32 Å². The van der Waals surface area contributed by atoms with Crippen LogP contribution in [0.1, 0.15) is 35.1 Å². The topological polar surface area (TPSA) is 12.0 Å². The van der Waals surface area contributed by atoms with Gasteiger partial charge in [0.25, 0.3) is 0 Å². The van der Waals surface area contributed by atoms with Crippen molar-refractivity contribution in [3.63, 3.8) is 0 Å². The fraction of sp³-hybridized carbons (Fsp3) is 0.263. The number of rotatable bonds is 1. The van der Waals surface area contributed by atoms with Crippen LogP contribution in [0.25, 0.3) is 0 Å². The summed E-state index contributed by atoms with van der Waals surface area (Å²) >= 11 is 9.86. The Morgan fingerprint density at radius 3 is 2.68 bits per heavy atom. The third-order valence-electron chi connectivity index (χ3n) is 4.96. The Bertz CT molecular complexity index is 751. The number of nitrogens with one attached hydrogen (secondary N) is 1. The molecule has 1 heterocycles. The number of anilines is 1. The lowest BCUT2D eigenvalue weighted by Crippen LogP contribution is -2.29. The molecule has 4 rings (SSSR count). The summed E-state index contributed by atoms with van der Waals surface area (Å²) in [5.41, 5.74) is 5.09. The number of allylic oxidation sites excluding steroid dienone is 2. The maximum Gasteiger partial charge on any atom is 0.0554 e. The lowest BCUT2D eigenvalue weighted by atomic mass is 9.76. The fourth-order valence-electron chi connectivity index (χ4n) is 3.79. The minimum atomic E-state index is 0.331. The summed E-state index contributed by atoms with van der Waals surface area (Å²) in [6, 6.07) is 13.2. The molecule has 0 saturated carbocycles. The van der Waals surface area contributed by atoms with E-state index in [1.807, 2.05) is 6.07 Å². The van der Waals surface area contributed by atoms with Crippen LogP contribution in [0.2, 0.25) is 5.02 Å². The van der Waals surface area contributed by atoms with Crippen LogP contribution in [0.5, 0.6) is 0 Å². The van der Waals surface area contributed by atoms with Gasteiger partial charge in [0, 0.05) is 21.1 Å². The quantitative estimate of drug-likeness (QED) is 0.583. The van der Waals surface area contributed by atoms with Crippen molar-refractivity contribution in [1.82, 2.24) is 0 Å². The first-order valence-corrected chi connectivity index (χ1v) is 8.80. The summed E-state index contributed by atoms with van der Waals surface area (Å²) in [5, 5.41) is 4.61. The van der Waals surface area contributed by atoms with E-state index in [0.717, 1.165) is 21.5 Å². The molecule has 3 unspecified atom stereocenters. The van der Waals surface area contributed by atoms with Crippen LogP contribution in [0, 0.1) is 12.8 Å². The summed E-state index contributed by atoms with van der Waals surface area (Å²) in [6.07, 6.45) is 5.81. The predicted octanol–water partition coefficient (Wildman–Crippen LogP) is 6.24. The molecule has 0 amide bonds. The van der Waals surface area contributed by atoms with Crippen LogP contribution in [0.15, 0.2) is 53.0 Å². The molecule has 0 saturated heterocycles. The van der Waals surface area contributed by atoms with Crippen LogP contribution in [0.3, 0.4) is 0 Å². The molecular weight excluding hydrogens is 358 g/mol. The molecule has 3 atom stereocenters. The molecule has 2 aromatic carbocycles. The van der Waals surface area contributed by atoms with E-state index in [1.165, 1.54) is 16.8 Å². The molecule has 0 spiro atoms. The van der Waals surface area contributed by atoms with E-state index in [2.05, 4.69) is 70.7 Å². The first kappa shape index (κ1) is 14.3. The van der Waals surface area contributed by atoms with E-state index in [-0.39, 0.29) is 0 Å². The maximum atomic E-state index is 6.34. The van der Waals surface area contributed by atoms with E-state index >= 15 is 0 Å². The molecular formula is C19H17BrClN. The molecule has 0 bridgehead atoms. The number of benzene rings is 2. The SMILES string of the molecule is Cc1c(Cl)ccc2c1NC(c1ccc(Br)cc1)C1CC=CC21. The van der Waals surface area contributed by atoms with Gasteiger partial charge in [-0.25, -0.2) is 0 Å². The molecule has 1 aliphatic heterocycles. The van der Waals surface area contributed by atoms with E-state index in [4.69, 9.17) is 11.6 Å². The first-order chi connectivity index (χ1) is 10.6. The maximum absolute atomic E-state index is 6.34. The van der Waals surface area contributed by atoms with Crippen LogP contribution < -0.4 is 5.32 Å². The monoisotopic (exact) mass is 373 g/mol. The van der Waals surface area contributed by atoms with Gasteiger partial charge in [-0.3, -0.25) is 0 Å². The first-order valence-electron chi connectivity index (χ1n) is 7.63. The van der Waals surface area contributed by atoms with Crippen LogP contribution in [-0.4, -0.2) is 0 Å². The molecule has 0 radical (unpaired) electrons. The molecule has 1 aliphatic carbocycles. The van der Waals surface area contributed by atoms with Gasteiger partial charge >= 0.3 is 0 Å². The third-order valence-corrected chi connectivity index (χ3v) is 5.90. The summed E-state index contributed by atoms with van der Waals surface area (Å²) in [5.74, 6) is 1.06. The second kappa shape index (κ2) is 5.43. The van der Waals surface area contributed by atoms with Gasteiger partial charge in [-0.15, -0.1) is 0 Å². The second-order valence-electron chi connectivity index (χ2n) is 6.16. The van der Waals surface area contributed by atoms with Gasteiger partial charge in [0.15, 0.2) is 0 Å². The third kappa shape index (κ3) is 2.21. The average molecular weight is 375 g/mol. The van der Waals surface area contributed by atoms with E-state index < -0.39 is 0 Å². The van der Waals surface area contributed by atoms with Crippen molar-refractivity contribution in [2.24, 2.45) is 5.92 Å². The summed E-state index contributed by atoms with van der Waals surface area (Å²) in [4.78, 5) is 0. The Hall–Kier alpha value is -1.25. The zero-order chi connectivity index (χ0) is 15.3. The Labute approximate surface area is 144 Å². The van der Waals surface area contributed by atoms with Gasteiger partial charge in [-0.2, -0.15) is 0 Å². The normalized spacial score (nSPS) is 25.5. The van der Waals surface area contributed by atoms with Gasteiger partial charge in [0.2, 0.25) is 0 Å².